The molecule has 0 radical (unpaired) electrons. The molecule has 2 amide bonds. The van der Waals surface area contributed by atoms with Crippen LogP contribution in [0, 0.1) is 17.8 Å². The number of esters is 1. The predicted molar refractivity (Wildman–Crippen MR) is 146 cm³/mol. The number of fused-ring (bicyclic) bond motifs is 1. The van der Waals surface area contributed by atoms with E-state index in [-0.39, 0.29) is 44.0 Å². The Morgan fingerprint density at radius 2 is 1.95 bits per heavy atom. The number of hydrogen-bond acceptors (Lipinski definition) is 7. The van der Waals surface area contributed by atoms with Crippen LogP contribution in [0.2, 0.25) is 0 Å². The molecule has 3 fully saturated rings. The minimum Gasteiger partial charge on any atom is -0.497 e. The topological polar surface area (TPSA) is 106 Å². The highest BCUT2D eigenvalue weighted by Crippen LogP contribution is 2.65. The van der Waals surface area contributed by atoms with Gasteiger partial charge in [0, 0.05) is 25.4 Å². The number of nitrogens with zero attached hydrogens (tertiary/aromatic N) is 2. The molecule has 3 saturated heterocycles. The van der Waals surface area contributed by atoms with E-state index in [4.69, 9.17) is 14.2 Å². The van der Waals surface area contributed by atoms with Gasteiger partial charge < -0.3 is 29.1 Å². The summed E-state index contributed by atoms with van der Waals surface area (Å²) >= 11 is 0. The van der Waals surface area contributed by atoms with Crippen LogP contribution in [0.3, 0.4) is 0 Å². The van der Waals surface area contributed by atoms with Crippen LogP contribution in [-0.4, -0.2) is 78.4 Å². The number of carbonyl (C=O) groups excluding carboxylic acids is 3. The largest absolute Gasteiger partial charge is 0.497 e. The SMILES string of the molecule is C=CCCCOC(=O)[C@H]1[C@H]2C(=O)N(CCCO)C(C(=O)N(CC=C)c3ccc(OC)cc3)C23CC(C)[C@]1(C)O3. The number of amides is 2. The molecular formula is C30H40N2O7. The van der Waals surface area contributed by atoms with Crippen molar-refractivity contribution in [3.05, 3.63) is 49.6 Å². The van der Waals surface area contributed by atoms with E-state index in [0.29, 0.717) is 37.1 Å². The summed E-state index contributed by atoms with van der Waals surface area (Å²) in [7, 11) is 1.57. The fraction of sp³-hybridized carbons (Fsp3) is 0.567. The molecule has 3 heterocycles. The van der Waals surface area contributed by atoms with Crippen LogP contribution in [0.25, 0.3) is 0 Å². The third-order valence-electron chi connectivity index (χ3n) is 8.62. The van der Waals surface area contributed by atoms with Gasteiger partial charge in [-0.1, -0.05) is 19.1 Å². The molecule has 1 spiro atoms. The molecule has 0 saturated carbocycles. The maximum Gasteiger partial charge on any atom is 0.312 e. The van der Waals surface area contributed by atoms with Crippen LogP contribution in [0.5, 0.6) is 5.75 Å². The third kappa shape index (κ3) is 4.76. The van der Waals surface area contributed by atoms with E-state index in [1.54, 1.807) is 48.4 Å². The maximum atomic E-state index is 14.5. The Kier molecular flexibility index (Phi) is 8.51. The van der Waals surface area contributed by atoms with E-state index < -0.39 is 35.0 Å². The van der Waals surface area contributed by atoms with Crippen molar-refractivity contribution in [2.45, 2.75) is 56.8 Å². The second-order valence-electron chi connectivity index (χ2n) is 10.8. The van der Waals surface area contributed by atoms with Gasteiger partial charge in [0.05, 0.1) is 25.2 Å². The number of methoxy groups -OCH3 is 1. The maximum absolute atomic E-state index is 14.5. The molecule has 2 bridgehead atoms. The van der Waals surface area contributed by atoms with Crippen molar-refractivity contribution in [3.63, 3.8) is 0 Å². The molecular weight excluding hydrogens is 500 g/mol. The highest BCUT2D eigenvalue weighted by atomic mass is 16.6. The van der Waals surface area contributed by atoms with Crippen molar-refractivity contribution in [1.29, 1.82) is 0 Å². The zero-order valence-corrected chi connectivity index (χ0v) is 23.1. The van der Waals surface area contributed by atoms with Crippen molar-refractivity contribution in [1.82, 2.24) is 4.90 Å². The molecule has 39 heavy (non-hydrogen) atoms. The van der Waals surface area contributed by atoms with E-state index in [0.717, 1.165) is 0 Å². The average molecular weight is 541 g/mol. The van der Waals surface area contributed by atoms with Crippen molar-refractivity contribution < 1.29 is 33.7 Å². The Morgan fingerprint density at radius 1 is 1.23 bits per heavy atom. The van der Waals surface area contributed by atoms with Crippen molar-refractivity contribution in [2.75, 3.05) is 38.3 Å². The smallest absolute Gasteiger partial charge is 0.312 e. The van der Waals surface area contributed by atoms with Crippen LogP contribution < -0.4 is 9.64 Å². The Hall–Kier alpha value is -3.17. The van der Waals surface area contributed by atoms with Crippen molar-refractivity contribution in [2.24, 2.45) is 17.8 Å². The fourth-order valence-corrected chi connectivity index (χ4v) is 6.71. The molecule has 1 aromatic rings. The van der Waals surface area contributed by atoms with E-state index in [1.165, 1.54) is 4.90 Å². The Balaban J connectivity index is 1.74. The number of allylic oxidation sites excluding steroid dienone is 1. The van der Waals surface area contributed by atoms with Gasteiger partial charge >= 0.3 is 5.97 Å². The first-order valence-corrected chi connectivity index (χ1v) is 13.7. The zero-order valence-electron chi connectivity index (χ0n) is 23.1. The molecule has 9 nitrogen and oxygen atoms in total. The lowest BCUT2D eigenvalue weighted by Crippen LogP contribution is -2.57. The number of aliphatic hydroxyl groups is 1. The Morgan fingerprint density at radius 3 is 2.56 bits per heavy atom. The second-order valence-corrected chi connectivity index (χ2v) is 10.8. The zero-order chi connectivity index (χ0) is 28.4. The number of aliphatic hydroxyl groups excluding tert-OH is 1. The number of carbonyl (C=O) groups is 3. The lowest BCUT2D eigenvalue weighted by Gasteiger charge is -2.37. The van der Waals surface area contributed by atoms with Crippen LogP contribution in [0.4, 0.5) is 5.69 Å². The number of benzene rings is 1. The van der Waals surface area contributed by atoms with Crippen LogP contribution in [-0.2, 0) is 23.9 Å². The van der Waals surface area contributed by atoms with Crippen LogP contribution in [0.1, 0.15) is 39.5 Å². The molecule has 212 valence electrons. The number of unbranched alkanes of at least 4 members (excludes halogenated alkanes) is 1. The summed E-state index contributed by atoms with van der Waals surface area (Å²) in [5.74, 6) is -2.21. The van der Waals surface area contributed by atoms with Crippen molar-refractivity contribution >= 4 is 23.5 Å². The van der Waals surface area contributed by atoms with Crippen LogP contribution >= 0.6 is 0 Å². The second kappa shape index (κ2) is 11.5. The van der Waals surface area contributed by atoms with Crippen LogP contribution in [0.15, 0.2) is 49.6 Å². The number of hydrogen-bond donors (Lipinski definition) is 1. The van der Waals surface area contributed by atoms with Crippen molar-refractivity contribution in [3.8, 4) is 5.75 Å². The number of anilines is 1. The molecule has 1 N–H and O–H groups in total. The molecule has 4 rings (SSSR count). The highest BCUT2D eigenvalue weighted by molar-refractivity contribution is 6.04. The summed E-state index contributed by atoms with van der Waals surface area (Å²) in [4.78, 5) is 45.1. The monoisotopic (exact) mass is 540 g/mol. The molecule has 3 aliphatic rings. The molecule has 0 aromatic heterocycles. The normalized spacial score (nSPS) is 30.7. The standard InChI is InChI=1S/C30H40N2O7/c1-6-8-9-18-38-28(36)24-23-26(34)32(16-10-17-33)25(30(23)19-20(3)29(24,4)39-30)27(35)31(15-7-2)21-11-13-22(37-5)14-12-21/h6-7,11-14,20,23-25,33H,1-2,8-10,15-19H2,3-5H3/t20?,23-,24+,25?,29-,30?/m0/s1. The first-order valence-electron chi connectivity index (χ1n) is 13.7. The van der Waals surface area contributed by atoms with E-state index in [2.05, 4.69) is 13.2 Å². The van der Waals surface area contributed by atoms with Gasteiger partial charge in [0.25, 0.3) is 5.91 Å². The van der Waals surface area contributed by atoms with Gasteiger partial charge in [0.1, 0.15) is 23.3 Å². The number of likely N-dealkylation sites (tertiary alicyclic amines) is 1. The molecule has 6 atom stereocenters. The van der Waals surface area contributed by atoms with E-state index in [9.17, 15) is 19.5 Å². The van der Waals surface area contributed by atoms with Gasteiger partial charge in [-0.05, 0) is 62.8 Å². The summed E-state index contributed by atoms with van der Waals surface area (Å²) < 4.78 is 17.6. The number of ether oxygens (including phenoxy) is 3. The minimum absolute atomic E-state index is 0.0887. The third-order valence-corrected chi connectivity index (χ3v) is 8.62. The highest BCUT2D eigenvalue weighted by Gasteiger charge is 2.80. The Labute approximate surface area is 230 Å². The summed E-state index contributed by atoms with van der Waals surface area (Å²) in [5.41, 5.74) is -1.50. The summed E-state index contributed by atoms with van der Waals surface area (Å²) in [6, 6.07) is 6.13. The summed E-state index contributed by atoms with van der Waals surface area (Å²) in [6.07, 6.45) is 5.50. The summed E-state index contributed by atoms with van der Waals surface area (Å²) in [5, 5.41) is 9.58. The van der Waals surface area contributed by atoms with Gasteiger partial charge in [-0.15, -0.1) is 13.2 Å². The van der Waals surface area contributed by atoms with Gasteiger partial charge in [0.2, 0.25) is 5.91 Å². The predicted octanol–water partition coefficient (Wildman–Crippen LogP) is 3.12. The minimum atomic E-state index is -1.19. The average Bonchev–Trinajstić information content (AvgIpc) is 3.44. The Bertz CT molecular complexity index is 1110. The first kappa shape index (κ1) is 28.8. The molecule has 3 aliphatic heterocycles. The molecule has 1 aromatic carbocycles. The van der Waals surface area contributed by atoms with Gasteiger partial charge in [0.15, 0.2) is 0 Å². The summed E-state index contributed by atoms with van der Waals surface area (Å²) in [6.45, 7) is 11.9. The number of rotatable bonds is 13. The fourth-order valence-electron chi connectivity index (χ4n) is 6.71. The lowest BCUT2D eigenvalue weighted by atomic mass is 9.62. The van der Waals surface area contributed by atoms with Gasteiger partial charge in [-0.3, -0.25) is 14.4 Å². The lowest BCUT2D eigenvalue weighted by molar-refractivity contribution is -0.161. The van der Waals surface area contributed by atoms with Gasteiger partial charge in [-0.25, -0.2) is 0 Å². The quantitative estimate of drug-likeness (QED) is 0.233. The van der Waals surface area contributed by atoms with E-state index in [1.807, 2.05) is 13.8 Å². The molecule has 3 unspecified atom stereocenters. The van der Waals surface area contributed by atoms with E-state index >= 15 is 0 Å². The molecule has 9 heteroatoms. The van der Waals surface area contributed by atoms with Gasteiger partial charge in [-0.2, -0.15) is 0 Å². The first-order chi connectivity index (χ1) is 18.7. The molecule has 0 aliphatic carbocycles.